The van der Waals surface area contributed by atoms with E-state index in [4.69, 9.17) is 30.9 Å². The lowest BCUT2D eigenvalue weighted by Gasteiger charge is -2.38. The van der Waals surface area contributed by atoms with Gasteiger partial charge in [-0.25, -0.2) is 14.6 Å². The van der Waals surface area contributed by atoms with E-state index < -0.39 is 0 Å². The molecule has 7 rings (SSSR count). The van der Waals surface area contributed by atoms with E-state index in [9.17, 15) is 0 Å². The third kappa shape index (κ3) is 8.17. The first-order valence-electron chi connectivity index (χ1n) is 16.8. The van der Waals surface area contributed by atoms with Crippen LogP contribution in [0.2, 0.25) is 5.02 Å². The number of aromatic nitrogens is 10. The molecule has 1 aliphatic carbocycles. The molecule has 5 heterocycles. The van der Waals surface area contributed by atoms with Gasteiger partial charge >= 0.3 is 0 Å². The molecule has 5 aromatic rings. The maximum absolute atomic E-state index is 6.47. The second-order valence-corrected chi connectivity index (χ2v) is 12.9. The Labute approximate surface area is 289 Å². The summed E-state index contributed by atoms with van der Waals surface area (Å²) in [5.74, 6) is 1.53. The smallest absolute Gasteiger partial charge is 0.256 e. The molecule has 16 heteroatoms. The van der Waals surface area contributed by atoms with Crippen LogP contribution in [0, 0.1) is 0 Å². The largest absolute Gasteiger partial charge is 0.487 e. The molecule has 0 unspecified atom stereocenters. The van der Waals surface area contributed by atoms with Crippen molar-refractivity contribution >= 4 is 23.2 Å². The molecule has 0 spiro atoms. The number of benzene rings is 1. The van der Waals surface area contributed by atoms with E-state index in [1.807, 2.05) is 43.0 Å². The SMILES string of the molecule is C[C@@H](Cn1cnnn1)Oc1cc(-c2cnc(Nc3cn([C@H]4CC[C@H](N5CCOCC5)CC4)nc3OCCc3ccnn3C)nc2)ccc1Cl. The molecule has 1 saturated carbocycles. The molecule has 1 saturated heterocycles. The minimum atomic E-state index is -0.208. The molecule has 15 nitrogen and oxygen atoms in total. The molecule has 258 valence electrons. The van der Waals surface area contributed by atoms with Gasteiger partial charge in [0.1, 0.15) is 23.9 Å². The fraction of sp³-hybridized carbons (Fsp3) is 0.485. The van der Waals surface area contributed by atoms with Crippen LogP contribution in [0.4, 0.5) is 11.6 Å². The van der Waals surface area contributed by atoms with E-state index in [-0.39, 0.29) is 6.10 Å². The van der Waals surface area contributed by atoms with Gasteiger partial charge in [-0.1, -0.05) is 17.7 Å². The number of ether oxygens (including phenoxy) is 3. The van der Waals surface area contributed by atoms with Crippen LogP contribution >= 0.6 is 11.6 Å². The molecule has 49 heavy (non-hydrogen) atoms. The normalized spacial score (nSPS) is 19.1. The lowest BCUT2D eigenvalue weighted by atomic mass is 9.90. The van der Waals surface area contributed by atoms with Gasteiger partial charge in [-0.15, -0.1) is 10.2 Å². The van der Waals surface area contributed by atoms with E-state index in [1.165, 1.54) is 0 Å². The second kappa shape index (κ2) is 15.3. The van der Waals surface area contributed by atoms with Crippen LogP contribution in [-0.2, 0) is 24.8 Å². The molecule has 1 aromatic carbocycles. The standard InChI is InChI=1S/C33H41ClN12O3/c1-23(20-45-22-37-41-42-45)49-31-17-24(3-8-29(31)34)25-18-35-33(36-19-25)39-30-21-46(40-32(30)48-14-10-26-9-11-38-43(26)2)28-6-4-27(5-7-28)44-12-15-47-16-13-44/h3,8-9,11,17-19,21-23,27-28H,4-7,10,12-16,20H2,1-2H3,(H,35,36,39)/t23-,27-,28-/m0/s1. The van der Waals surface area contributed by atoms with E-state index in [2.05, 4.69) is 45.5 Å². The van der Waals surface area contributed by atoms with Crippen LogP contribution < -0.4 is 14.8 Å². The Kier molecular flexibility index (Phi) is 10.3. The highest BCUT2D eigenvalue weighted by Gasteiger charge is 2.29. The number of rotatable bonds is 13. The Morgan fingerprint density at radius 1 is 1.04 bits per heavy atom. The molecular formula is C33H41ClN12O3. The zero-order chi connectivity index (χ0) is 33.6. The predicted octanol–water partition coefficient (Wildman–Crippen LogP) is 4.36. The highest BCUT2D eigenvalue weighted by molar-refractivity contribution is 6.32. The lowest BCUT2D eigenvalue weighted by Crippen LogP contribution is -2.45. The molecule has 0 radical (unpaired) electrons. The van der Waals surface area contributed by atoms with Crippen molar-refractivity contribution in [1.29, 1.82) is 0 Å². The number of hydrogen-bond donors (Lipinski definition) is 1. The van der Waals surface area contributed by atoms with E-state index >= 15 is 0 Å². The fourth-order valence-electron chi connectivity index (χ4n) is 6.50. The molecule has 1 aliphatic heterocycles. The number of anilines is 2. The Hall–Kier alpha value is -4.60. The monoisotopic (exact) mass is 688 g/mol. The summed E-state index contributed by atoms with van der Waals surface area (Å²) >= 11 is 6.47. The second-order valence-electron chi connectivity index (χ2n) is 12.5. The quantitative estimate of drug-likeness (QED) is 0.187. The number of aryl methyl sites for hydroxylation is 1. The van der Waals surface area contributed by atoms with Gasteiger partial charge in [0.15, 0.2) is 0 Å². The number of hydrogen-bond acceptors (Lipinski definition) is 12. The minimum Gasteiger partial charge on any atom is -0.487 e. The van der Waals surface area contributed by atoms with Gasteiger partial charge in [0.05, 0.1) is 43.6 Å². The maximum atomic E-state index is 6.47. The average molecular weight is 689 g/mol. The van der Waals surface area contributed by atoms with Gasteiger partial charge in [-0.3, -0.25) is 14.3 Å². The Morgan fingerprint density at radius 2 is 1.84 bits per heavy atom. The third-order valence-electron chi connectivity index (χ3n) is 9.15. The fourth-order valence-corrected chi connectivity index (χ4v) is 6.66. The van der Waals surface area contributed by atoms with Crippen molar-refractivity contribution in [3.05, 3.63) is 66.1 Å². The maximum Gasteiger partial charge on any atom is 0.256 e. The van der Waals surface area contributed by atoms with Crippen molar-refractivity contribution in [3.63, 3.8) is 0 Å². The number of halogens is 1. The van der Waals surface area contributed by atoms with Gasteiger partial charge in [0, 0.05) is 62.4 Å². The molecule has 0 amide bonds. The van der Waals surface area contributed by atoms with Crippen LogP contribution in [0.25, 0.3) is 11.1 Å². The topological polar surface area (TPSA) is 148 Å². The number of tetrazole rings is 1. The van der Waals surface area contributed by atoms with E-state index in [0.717, 1.165) is 74.5 Å². The van der Waals surface area contributed by atoms with Crippen molar-refractivity contribution in [2.45, 2.75) is 63.8 Å². The van der Waals surface area contributed by atoms with E-state index in [0.29, 0.717) is 54.3 Å². The van der Waals surface area contributed by atoms with Crippen LogP contribution in [-0.4, -0.2) is 99.7 Å². The average Bonchev–Trinajstić information content (AvgIpc) is 3.89. The zero-order valence-electron chi connectivity index (χ0n) is 27.7. The predicted molar refractivity (Wildman–Crippen MR) is 182 cm³/mol. The van der Waals surface area contributed by atoms with Gasteiger partial charge < -0.3 is 19.5 Å². The summed E-state index contributed by atoms with van der Waals surface area (Å²) in [6.45, 7) is 6.58. The number of morpholine rings is 1. The first kappa shape index (κ1) is 32.9. The molecular weight excluding hydrogens is 648 g/mol. The summed E-state index contributed by atoms with van der Waals surface area (Å²) in [7, 11) is 1.93. The van der Waals surface area contributed by atoms with E-state index in [1.54, 1.807) is 35.7 Å². The highest BCUT2D eigenvalue weighted by atomic mass is 35.5. The summed E-state index contributed by atoms with van der Waals surface area (Å²) in [6.07, 6.45) is 13.8. The molecule has 2 fully saturated rings. The molecule has 0 bridgehead atoms. The zero-order valence-corrected chi connectivity index (χ0v) is 28.5. The molecule has 2 aliphatic rings. The number of nitrogens with one attached hydrogen (secondary N) is 1. The summed E-state index contributed by atoms with van der Waals surface area (Å²) < 4.78 is 23.5. The van der Waals surface area contributed by atoms with Crippen molar-refractivity contribution in [1.82, 2.24) is 54.6 Å². The molecule has 1 N–H and O–H groups in total. The number of nitrogens with zero attached hydrogens (tertiary/aromatic N) is 11. The van der Waals surface area contributed by atoms with Crippen LogP contribution in [0.3, 0.4) is 0 Å². The van der Waals surface area contributed by atoms with Gasteiger partial charge in [0.2, 0.25) is 5.95 Å². The summed E-state index contributed by atoms with van der Waals surface area (Å²) in [4.78, 5) is 11.8. The summed E-state index contributed by atoms with van der Waals surface area (Å²) in [5, 5.41) is 24.3. The first-order valence-corrected chi connectivity index (χ1v) is 17.1. The Bertz CT molecular complexity index is 1780. The van der Waals surface area contributed by atoms with Crippen LogP contribution in [0.5, 0.6) is 11.6 Å². The van der Waals surface area contributed by atoms with Crippen LogP contribution in [0.15, 0.2) is 55.4 Å². The highest BCUT2D eigenvalue weighted by Crippen LogP contribution is 2.35. The van der Waals surface area contributed by atoms with Crippen molar-refractivity contribution < 1.29 is 14.2 Å². The Balaban J connectivity index is 1.03. The summed E-state index contributed by atoms with van der Waals surface area (Å²) in [6, 6.07) is 8.51. The first-order chi connectivity index (χ1) is 24.0. The van der Waals surface area contributed by atoms with Crippen molar-refractivity contribution in [2.75, 3.05) is 38.2 Å². The molecule has 4 aromatic heterocycles. The summed E-state index contributed by atoms with van der Waals surface area (Å²) in [5.41, 5.74) is 3.51. The van der Waals surface area contributed by atoms with Crippen LogP contribution in [0.1, 0.15) is 44.3 Å². The molecule has 1 atom stereocenters. The minimum absolute atomic E-state index is 0.208. The lowest BCUT2D eigenvalue weighted by molar-refractivity contribution is 0.00503. The van der Waals surface area contributed by atoms with Crippen molar-refractivity contribution in [3.8, 4) is 22.8 Å². The van der Waals surface area contributed by atoms with Gasteiger partial charge in [-0.2, -0.15) is 5.10 Å². The third-order valence-corrected chi connectivity index (χ3v) is 9.46. The Morgan fingerprint density at radius 3 is 2.57 bits per heavy atom. The van der Waals surface area contributed by atoms with Gasteiger partial charge in [-0.05, 0) is 66.8 Å². The van der Waals surface area contributed by atoms with Crippen molar-refractivity contribution in [2.24, 2.45) is 7.05 Å². The van der Waals surface area contributed by atoms with Gasteiger partial charge in [0.25, 0.3) is 5.88 Å².